The zero-order valence-electron chi connectivity index (χ0n) is 18.2. The van der Waals surface area contributed by atoms with E-state index in [9.17, 15) is 18.0 Å². The quantitative estimate of drug-likeness (QED) is 0.632. The van der Waals surface area contributed by atoms with E-state index >= 15 is 0 Å². The van der Waals surface area contributed by atoms with Crippen LogP contribution < -0.4 is 10.6 Å². The maximum atomic E-state index is 13.2. The van der Waals surface area contributed by atoms with Crippen LogP contribution >= 0.6 is 0 Å². The Morgan fingerprint density at radius 1 is 1.06 bits per heavy atom. The van der Waals surface area contributed by atoms with Gasteiger partial charge in [0.15, 0.2) is 0 Å². The number of nitrogens with one attached hydrogen (secondary N) is 2. The first-order valence-corrected chi connectivity index (χ1v) is 12.8. The first kappa shape index (κ1) is 22.9. The SMILES string of the molecule is C=CC(=O)NC1CC2CCN(S(=O)(=O)c3ccc(C(=O)NC4CCCCC4)cc3)CC2O1. The third-order valence-electron chi connectivity index (χ3n) is 6.70. The molecule has 3 unspecified atom stereocenters. The highest BCUT2D eigenvalue weighted by Crippen LogP contribution is 2.34. The second-order valence-electron chi connectivity index (χ2n) is 8.86. The molecule has 1 saturated carbocycles. The van der Waals surface area contributed by atoms with E-state index in [2.05, 4.69) is 17.2 Å². The van der Waals surface area contributed by atoms with Crippen molar-refractivity contribution in [3.8, 4) is 0 Å². The number of fused-ring (bicyclic) bond motifs is 1. The summed E-state index contributed by atoms with van der Waals surface area (Å²) in [6, 6.07) is 6.35. The number of ether oxygens (including phenoxy) is 1. The van der Waals surface area contributed by atoms with Crippen molar-refractivity contribution < 1.29 is 22.7 Å². The third kappa shape index (κ3) is 5.05. The van der Waals surface area contributed by atoms with Crippen LogP contribution in [-0.2, 0) is 19.6 Å². The number of benzene rings is 1. The van der Waals surface area contributed by atoms with Gasteiger partial charge in [-0.1, -0.05) is 25.8 Å². The molecule has 174 valence electrons. The molecule has 32 heavy (non-hydrogen) atoms. The van der Waals surface area contributed by atoms with Gasteiger partial charge in [0.2, 0.25) is 15.9 Å². The van der Waals surface area contributed by atoms with E-state index in [1.165, 1.54) is 28.9 Å². The van der Waals surface area contributed by atoms with Crippen LogP contribution in [0, 0.1) is 5.92 Å². The van der Waals surface area contributed by atoms with E-state index in [0.717, 1.165) is 25.7 Å². The summed E-state index contributed by atoms with van der Waals surface area (Å²) >= 11 is 0. The average molecular weight is 462 g/mol. The number of hydrogen-bond donors (Lipinski definition) is 2. The van der Waals surface area contributed by atoms with Gasteiger partial charge >= 0.3 is 0 Å². The Balaban J connectivity index is 1.37. The molecule has 0 aromatic heterocycles. The van der Waals surface area contributed by atoms with E-state index in [-0.39, 0.29) is 41.3 Å². The largest absolute Gasteiger partial charge is 0.354 e. The fourth-order valence-electron chi connectivity index (χ4n) is 4.87. The first-order valence-electron chi connectivity index (χ1n) is 11.4. The van der Waals surface area contributed by atoms with Gasteiger partial charge < -0.3 is 15.4 Å². The predicted octanol–water partition coefficient (Wildman–Crippen LogP) is 2.18. The summed E-state index contributed by atoms with van der Waals surface area (Å²) < 4.78 is 33.6. The van der Waals surface area contributed by atoms with Crippen LogP contribution in [0.2, 0.25) is 0 Å². The number of sulfonamides is 1. The highest BCUT2D eigenvalue weighted by Gasteiger charge is 2.42. The monoisotopic (exact) mass is 461 g/mol. The molecule has 0 bridgehead atoms. The number of carbonyl (C=O) groups is 2. The smallest absolute Gasteiger partial charge is 0.251 e. The maximum Gasteiger partial charge on any atom is 0.251 e. The molecular formula is C23H31N3O5S. The third-order valence-corrected chi connectivity index (χ3v) is 8.58. The number of nitrogens with zero attached hydrogens (tertiary/aromatic N) is 1. The molecule has 0 spiro atoms. The van der Waals surface area contributed by atoms with Gasteiger partial charge in [0.25, 0.3) is 5.91 Å². The van der Waals surface area contributed by atoms with Crippen molar-refractivity contribution in [3.63, 3.8) is 0 Å². The predicted molar refractivity (Wildman–Crippen MR) is 119 cm³/mol. The van der Waals surface area contributed by atoms with E-state index in [0.29, 0.717) is 24.9 Å². The van der Waals surface area contributed by atoms with E-state index in [1.54, 1.807) is 12.1 Å². The van der Waals surface area contributed by atoms with Crippen molar-refractivity contribution in [2.24, 2.45) is 5.92 Å². The standard InChI is InChI=1S/C23H31N3O5S/c1-2-21(27)25-22-14-17-12-13-26(15-20(17)31-22)32(29,30)19-10-8-16(9-11-19)23(28)24-18-6-4-3-5-7-18/h2,8-11,17-18,20,22H,1,3-7,12-15H2,(H,24,28)(H,25,27). The lowest BCUT2D eigenvalue weighted by molar-refractivity contribution is -0.120. The van der Waals surface area contributed by atoms with Crippen LogP contribution in [0.5, 0.6) is 0 Å². The molecule has 9 heteroatoms. The van der Waals surface area contributed by atoms with E-state index in [1.807, 2.05) is 0 Å². The number of piperidine rings is 1. The Bertz CT molecular complexity index is 956. The molecule has 3 fully saturated rings. The highest BCUT2D eigenvalue weighted by molar-refractivity contribution is 7.89. The summed E-state index contributed by atoms with van der Waals surface area (Å²) in [5.74, 6) is -0.248. The molecule has 3 atom stereocenters. The molecule has 2 aliphatic heterocycles. The van der Waals surface area contributed by atoms with Gasteiger partial charge in [0.1, 0.15) is 6.23 Å². The molecule has 1 aliphatic carbocycles. The van der Waals surface area contributed by atoms with Crippen LogP contribution in [0.4, 0.5) is 0 Å². The van der Waals surface area contributed by atoms with E-state index in [4.69, 9.17) is 4.74 Å². The van der Waals surface area contributed by atoms with Crippen molar-refractivity contribution in [1.29, 1.82) is 0 Å². The fourth-order valence-corrected chi connectivity index (χ4v) is 6.34. The van der Waals surface area contributed by atoms with Crippen molar-refractivity contribution in [2.75, 3.05) is 13.1 Å². The molecule has 1 aromatic carbocycles. The number of hydrogen-bond acceptors (Lipinski definition) is 5. The lowest BCUT2D eigenvalue weighted by Crippen LogP contribution is -2.45. The van der Waals surface area contributed by atoms with Gasteiger partial charge in [0, 0.05) is 24.7 Å². The van der Waals surface area contributed by atoms with Gasteiger partial charge in [-0.05, 0) is 61.9 Å². The zero-order valence-corrected chi connectivity index (χ0v) is 19.0. The van der Waals surface area contributed by atoms with Crippen molar-refractivity contribution in [2.45, 2.75) is 68.2 Å². The zero-order chi connectivity index (χ0) is 22.7. The molecule has 2 amide bonds. The van der Waals surface area contributed by atoms with Gasteiger partial charge in [-0.25, -0.2) is 8.42 Å². The fraction of sp³-hybridized carbons (Fsp3) is 0.565. The van der Waals surface area contributed by atoms with Crippen molar-refractivity contribution >= 4 is 21.8 Å². The van der Waals surface area contributed by atoms with Crippen LogP contribution in [-0.4, -0.2) is 56.0 Å². The summed E-state index contributed by atoms with van der Waals surface area (Å²) in [6.45, 7) is 4.09. The Morgan fingerprint density at radius 3 is 2.47 bits per heavy atom. The normalized spacial score (nSPS) is 26.8. The van der Waals surface area contributed by atoms with E-state index < -0.39 is 16.3 Å². The number of amides is 2. The summed E-state index contributed by atoms with van der Waals surface area (Å²) in [7, 11) is -3.70. The second kappa shape index (κ2) is 9.72. The number of carbonyl (C=O) groups excluding carboxylic acids is 2. The molecule has 2 N–H and O–H groups in total. The molecule has 4 rings (SSSR count). The molecule has 8 nitrogen and oxygen atoms in total. The average Bonchev–Trinajstić information content (AvgIpc) is 3.21. The minimum absolute atomic E-state index is 0.159. The Kier molecular flexibility index (Phi) is 6.97. The summed E-state index contributed by atoms with van der Waals surface area (Å²) in [5.41, 5.74) is 0.466. The topological polar surface area (TPSA) is 105 Å². The Hall–Kier alpha value is -2.23. The minimum atomic E-state index is -3.70. The van der Waals surface area contributed by atoms with Gasteiger partial charge in [0.05, 0.1) is 11.0 Å². The molecule has 2 saturated heterocycles. The van der Waals surface area contributed by atoms with Gasteiger partial charge in [-0.3, -0.25) is 9.59 Å². The van der Waals surface area contributed by atoms with Crippen LogP contribution in [0.15, 0.2) is 41.8 Å². The Morgan fingerprint density at radius 2 is 1.78 bits per heavy atom. The molecule has 0 radical (unpaired) electrons. The molecule has 3 aliphatic rings. The van der Waals surface area contributed by atoms with Gasteiger partial charge in [-0.15, -0.1) is 0 Å². The molecular weight excluding hydrogens is 430 g/mol. The molecule has 1 aromatic rings. The summed E-state index contributed by atoms with van der Waals surface area (Å²) in [6.07, 6.45) is 7.33. The first-order chi connectivity index (χ1) is 15.4. The van der Waals surface area contributed by atoms with Crippen LogP contribution in [0.3, 0.4) is 0 Å². The highest BCUT2D eigenvalue weighted by atomic mass is 32.2. The lowest BCUT2D eigenvalue weighted by atomic mass is 9.94. The Labute approximate surface area is 189 Å². The lowest BCUT2D eigenvalue weighted by Gasteiger charge is -2.33. The minimum Gasteiger partial charge on any atom is -0.354 e. The summed E-state index contributed by atoms with van der Waals surface area (Å²) in [4.78, 5) is 24.2. The van der Waals surface area contributed by atoms with Gasteiger partial charge in [-0.2, -0.15) is 4.31 Å². The number of rotatable bonds is 6. The second-order valence-corrected chi connectivity index (χ2v) is 10.8. The summed E-state index contributed by atoms with van der Waals surface area (Å²) in [5, 5.41) is 5.78. The van der Waals surface area contributed by atoms with Crippen molar-refractivity contribution in [1.82, 2.24) is 14.9 Å². The van der Waals surface area contributed by atoms with Crippen molar-refractivity contribution in [3.05, 3.63) is 42.5 Å². The molecule has 2 heterocycles. The van der Waals surface area contributed by atoms with Crippen LogP contribution in [0.1, 0.15) is 55.3 Å². The maximum absolute atomic E-state index is 13.2. The van der Waals surface area contributed by atoms with Crippen LogP contribution in [0.25, 0.3) is 0 Å².